The second-order valence-electron chi connectivity index (χ2n) is 6.13. The normalized spacial score (nSPS) is 16.5. The largest absolute Gasteiger partial charge is 0.328 e. The number of amides is 2. The smallest absolute Gasteiger partial charge is 0.292 e. The lowest BCUT2D eigenvalue weighted by Crippen LogP contribution is -2.32. The third kappa shape index (κ3) is 2.82. The number of benzene rings is 1. The summed E-state index contributed by atoms with van der Waals surface area (Å²) >= 11 is 0. The van der Waals surface area contributed by atoms with Crippen molar-refractivity contribution in [3.63, 3.8) is 0 Å². The van der Waals surface area contributed by atoms with Crippen LogP contribution in [0.15, 0.2) is 47.6 Å². The lowest BCUT2D eigenvalue weighted by molar-refractivity contribution is 0.229. The summed E-state index contributed by atoms with van der Waals surface area (Å²) in [7, 11) is 0. The second-order valence-corrected chi connectivity index (χ2v) is 6.13. The summed E-state index contributed by atoms with van der Waals surface area (Å²) in [6, 6.07) is 9.94. The number of aryl methyl sites for hydroxylation is 1. The van der Waals surface area contributed by atoms with E-state index in [9.17, 15) is 4.79 Å². The molecule has 1 aromatic carbocycles. The quantitative estimate of drug-likeness (QED) is 0.941. The molecule has 2 amide bonds. The van der Waals surface area contributed by atoms with Crippen LogP contribution in [0.2, 0.25) is 0 Å². The van der Waals surface area contributed by atoms with Crippen molar-refractivity contribution in [2.75, 3.05) is 12.0 Å². The van der Waals surface area contributed by atoms with Crippen LogP contribution in [-0.2, 0) is 0 Å². The van der Waals surface area contributed by atoms with Gasteiger partial charge in [-0.25, -0.2) is 9.48 Å². The molecule has 1 aliphatic carbocycles. The van der Waals surface area contributed by atoms with Gasteiger partial charge in [0.05, 0.1) is 11.4 Å². The van der Waals surface area contributed by atoms with Crippen LogP contribution in [0, 0.1) is 6.92 Å². The van der Waals surface area contributed by atoms with E-state index in [1.54, 1.807) is 18.5 Å². The van der Waals surface area contributed by atoms with Gasteiger partial charge in [0.25, 0.3) is 0 Å². The molecule has 0 saturated heterocycles. The molecule has 1 N–H and O–H groups in total. The molecule has 4 rings (SSSR count). The first kappa shape index (κ1) is 14.7. The molecule has 6 nitrogen and oxygen atoms in total. The average Bonchev–Trinajstić information content (AvgIpc) is 3.39. The molecule has 2 heterocycles. The summed E-state index contributed by atoms with van der Waals surface area (Å²) in [5.74, 6) is 1.28. The van der Waals surface area contributed by atoms with Gasteiger partial charge in [-0.1, -0.05) is 18.2 Å². The standard InChI is InChI=1S/C18H19N5O/c1-13-11-17(20-18(24)22-10-4-9-19-12-22)23(21-13)16-6-3-2-5-15(16)14-7-8-14/h2-6,9-11,14H,7-8,12H2,1H3,(H,20,24). The van der Waals surface area contributed by atoms with Gasteiger partial charge in [-0.2, -0.15) is 5.10 Å². The summed E-state index contributed by atoms with van der Waals surface area (Å²) in [6.45, 7) is 2.26. The first-order valence-corrected chi connectivity index (χ1v) is 8.12. The van der Waals surface area contributed by atoms with Crippen LogP contribution in [0.25, 0.3) is 5.69 Å². The lowest BCUT2D eigenvalue weighted by atomic mass is 10.1. The van der Waals surface area contributed by atoms with Crippen molar-refractivity contribution in [2.24, 2.45) is 4.99 Å². The highest BCUT2D eigenvalue weighted by Crippen LogP contribution is 2.43. The number of carbonyl (C=O) groups excluding carboxylic acids is 1. The van der Waals surface area contributed by atoms with Gasteiger partial charge in [-0.05, 0) is 43.4 Å². The number of carbonyl (C=O) groups is 1. The number of aliphatic imine (C=N–C) groups is 1. The van der Waals surface area contributed by atoms with Crippen LogP contribution >= 0.6 is 0 Å². The SMILES string of the molecule is Cc1cc(NC(=O)N2C=CC=NC2)n(-c2ccccc2C2CC2)n1. The number of aromatic nitrogens is 2. The Balaban J connectivity index is 1.65. The fourth-order valence-corrected chi connectivity index (χ4v) is 2.89. The molecule has 24 heavy (non-hydrogen) atoms. The molecule has 0 spiro atoms. The number of hydrogen-bond donors (Lipinski definition) is 1. The number of urea groups is 1. The van der Waals surface area contributed by atoms with E-state index < -0.39 is 0 Å². The molecule has 122 valence electrons. The lowest BCUT2D eigenvalue weighted by Gasteiger charge is -2.19. The Labute approximate surface area is 140 Å². The van der Waals surface area contributed by atoms with Gasteiger partial charge in [0.15, 0.2) is 0 Å². The van der Waals surface area contributed by atoms with Crippen LogP contribution in [0.4, 0.5) is 10.6 Å². The van der Waals surface area contributed by atoms with Crippen LogP contribution in [0.3, 0.4) is 0 Å². The van der Waals surface area contributed by atoms with Gasteiger partial charge in [0, 0.05) is 18.5 Å². The average molecular weight is 321 g/mol. The predicted molar refractivity (Wildman–Crippen MR) is 93.6 cm³/mol. The molecule has 0 unspecified atom stereocenters. The molecule has 1 fully saturated rings. The molecule has 1 aliphatic heterocycles. The van der Waals surface area contributed by atoms with E-state index >= 15 is 0 Å². The Bertz CT molecular complexity index is 832. The number of para-hydroxylation sites is 1. The minimum Gasteiger partial charge on any atom is -0.292 e. The number of allylic oxidation sites excluding steroid dienone is 1. The van der Waals surface area contributed by atoms with E-state index in [2.05, 4.69) is 33.6 Å². The molecule has 0 bridgehead atoms. The van der Waals surface area contributed by atoms with Gasteiger partial charge in [0.1, 0.15) is 12.5 Å². The minimum atomic E-state index is -0.215. The molecule has 1 saturated carbocycles. The molecule has 1 aromatic heterocycles. The molecule has 2 aliphatic rings. The number of hydrogen-bond acceptors (Lipinski definition) is 3. The minimum absolute atomic E-state index is 0.215. The molecular weight excluding hydrogens is 302 g/mol. The Hall–Kier alpha value is -2.89. The van der Waals surface area contributed by atoms with Crippen molar-refractivity contribution in [1.82, 2.24) is 14.7 Å². The van der Waals surface area contributed by atoms with Crippen molar-refractivity contribution in [1.29, 1.82) is 0 Å². The third-order valence-electron chi connectivity index (χ3n) is 4.20. The van der Waals surface area contributed by atoms with E-state index in [1.165, 1.54) is 23.3 Å². The Morgan fingerprint density at radius 3 is 2.88 bits per heavy atom. The van der Waals surface area contributed by atoms with Crippen LogP contribution < -0.4 is 5.32 Å². The van der Waals surface area contributed by atoms with E-state index in [0.29, 0.717) is 18.4 Å². The van der Waals surface area contributed by atoms with Crippen molar-refractivity contribution >= 4 is 18.1 Å². The zero-order valence-electron chi connectivity index (χ0n) is 13.5. The number of anilines is 1. The predicted octanol–water partition coefficient (Wildman–Crippen LogP) is 3.45. The van der Waals surface area contributed by atoms with Gasteiger partial charge < -0.3 is 0 Å². The van der Waals surface area contributed by atoms with E-state index in [1.807, 2.05) is 23.7 Å². The molecule has 2 aromatic rings. The summed E-state index contributed by atoms with van der Waals surface area (Å²) in [6.07, 6.45) is 7.58. The number of rotatable bonds is 3. The highest BCUT2D eigenvalue weighted by Gasteiger charge is 2.27. The summed E-state index contributed by atoms with van der Waals surface area (Å²) in [4.78, 5) is 18.1. The zero-order chi connectivity index (χ0) is 16.5. The van der Waals surface area contributed by atoms with Gasteiger partial charge >= 0.3 is 6.03 Å². The summed E-state index contributed by atoms with van der Waals surface area (Å²) < 4.78 is 1.83. The summed E-state index contributed by atoms with van der Waals surface area (Å²) in [5.41, 5.74) is 3.19. The fourth-order valence-electron chi connectivity index (χ4n) is 2.89. The van der Waals surface area contributed by atoms with Gasteiger partial charge in [0.2, 0.25) is 0 Å². The third-order valence-corrected chi connectivity index (χ3v) is 4.20. The Morgan fingerprint density at radius 2 is 2.12 bits per heavy atom. The number of nitrogens with one attached hydrogen (secondary N) is 1. The maximum Gasteiger partial charge on any atom is 0.328 e. The highest BCUT2D eigenvalue weighted by atomic mass is 16.2. The topological polar surface area (TPSA) is 62.5 Å². The van der Waals surface area contributed by atoms with Crippen LogP contribution in [0.5, 0.6) is 0 Å². The Kier molecular flexibility index (Phi) is 3.65. The van der Waals surface area contributed by atoms with E-state index in [4.69, 9.17) is 0 Å². The van der Waals surface area contributed by atoms with Crippen molar-refractivity contribution in [3.05, 3.63) is 53.9 Å². The van der Waals surface area contributed by atoms with Crippen molar-refractivity contribution in [3.8, 4) is 5.69 Å². The Morgan fingerprint density at radius 1 is 1.29 bits per heavy atom. The molecule has 0 radical (unpaired) electrons. The second kappa shape index (κ2) is 5.96. The fraction of sp³-hybridized carbons (Fsp3) is 0.278. The van der Waals surface area contributed by atoms with E-state index in [-0.39, 0.29) is 6.03 Å². The monoisotopic (exact) mass is 321 g/mol. The van der Waals surface area contributed by atoms with Crippen LogP contribution in [-0.4, -0.2) is 33.6 Å². The van der Waals surface area contributed by atoms with Gasteiger partial charge in [-0.15, -0.1) is 0 Å². The van der Waals surface area contributed by atoms with Crippen molar-refractivity contribution < 1.29 is 4.79 Å². The maximum atomic E-state index is 12.4. The van der Waals surface area contributed by atoms with Crippen molar-refractivity contribution in [2.45, 2.75) is 25.7 Å². The van der Waals surface area contributed by atoms with Crippen LogP contribution in [0.1, 0.15) is 30.0 Å². The highest BCUT2D eigenvalue weighted by molar-refractivity contribution is 5.90. The first-order chi connectivity index (χ1) is 11.7. The number of nitrogens with zero attached hydrogens (tertiary/aromatic N) is 4. The van der Waals surface area contributed by atoms with Gasteiger partial charge in [-0.3, -0.25) is 15.2 Å². The molecule has 0 atom stereocenters. The molecule has 6 heteroatoms. The first-order valence-electron chi connectivity index (χ1n) is 8.12. The zero-order valence-corrected chi connectivity index (χ0v) is 13.5. The molecular formula is C18H19N5O. The maximum absolute atomic E-state index is 12.4. The summed E-state index contributed by atoms with van der Waals surface area (Å²) in [5, 5.41) is 7.53. The van der Waals surface area contributed by atoms with E-state index in [0.717, 1.165) is 11.4 Å².